The molecule has 3 rings (SSSR count). The molecule has 0 bridgehead atoms. The molecule has 3 heteroatoms. The molecule has 1 aromatic heterocycles. The highest BCUT2D eigenvalue weighted by Crippen LogP contribution is 2.26. The molecule has 3 aromatic rings. The van der Waals surface area contributed by atoms with E-state index in [1.807, 2.05) is 30.3 Å². The standard InChI is InChI=1S/C18H14O3/c1-3-13(19)17-14(4-2)21-15-10-9-11-7-5-6-8-12(11)16(15)18(17)20/h3-10,19H,2H2,1H3/b13-3+. The van der Waals surface area contributed by atoms with Gasteiger partial charge in [0.05, 0.1) is 5.39 Å². The van der Waals surface area contributed by atoms with E-state index in [0.29, 0.717) is 11.0 Å². The van der Waals surface area contributed by atoms with E-state index in [1.54, 1.807) is 13.0 Å². The lowest BCUT2D eigenvalue weighted by Gasteiger charge is -2.08. The second-order valence-electron chi connectivity index (χ2n) is 4.71. The van der Waals surface area contributed by atoms with Crippen LogP contribution in [-0.4, -0.2) is 5.11 Å². The van der Waals surface area contributed by atoms with E-state index < -0.39 is 0 Å². The summed E-state index contributed by atoms with van der Waals surface area (Å²) in [6.45, 7) is 5.31. The van der Waals surface area contributed by atoms with Crippen LogP contribution in [0.3, 0.4) is 0 Å². The van der Waals surface area contributed by atoms with Crippen molar-refractivity contribution in [2.75, 3.05) is 0 Å². The van der Waals surface area contributed by atoms with Crippen LogP contribution in [-0.2, 0) is 0 Å². The van der Waals surface area contributed by atoms with E-state index in [4.69, 9.17) is 4.42 Å². The van der Waals surface area contributed by atoms with Gasteiger partial charge in [-0.1, -0.05) is 36.9 Å². The highest BCUT2D eigenvalue weighted by molar-refractivity contribution is 6.06. The minimum absolute atomic E-state index is 0.103. The molecule has 3 nitrogen and oxygen atoms in total. The third-order valence-electron chi connectivity index (χ3n) is 3.53. The van der Waals surface area contributed by atoms with Crippen LogP contribution in [0.5, 0.6) is 0 Å². The molecule has 1 N–H and O–H groups in total. The zero-order chi connectivity index (χ0) is 15.0. The van der Waals surface area contributed by atoms with Crippen LogP contribution in [0.15, 0.2) is 58.3 Å². The van der Waals surface area contributed by atoms with Gasteiger partial charge < -0.3 is 9.52 Å². The molecule has 0 radical (unpaired) electrons. The van der Waals surface area contributed by atoms with E-state index in [0.717, 1.165) is 10.8 Å². The van der Waals surface area contributed by atoms with E-state index in [-0.39, 0.29) is 22.5 Å². The van der Waals surface area contributed by atoms with Crippen LogP contribution in [0.2, 0.25) is 0 Å². The maximum Gasteiger partial charge on any atom is 0.204 e. The molecule has 0 aliphatic rings. The molecule has 0 amide bonds. The van der Waals surface area contributed by atoms with Crippen LogP contribution < -0.4 is 5.43 Å². The van der Waals surface area contributed by atoms with Crippen molar-refractivity contribution < 1.29 is 9.52 Å². The van der Waals surface area contributed by atoms with Gasteiger partial charge in [0.1, 0.15) is 22.7 Å². The number of aliphatic hydroxyl groups is 1. The molecule has 2 aromatic carbocycles. The topological polar surface area (TPSA) is 50.4 Å². The molecule has 21 heavy (non-hydrogen) atoms. The summed E-state index contributed by atoms with van der Waals surface area (Å²) in [5.41, 5.74) is 0.385. The highest BCUT2D eigenvalue weighted by Gasteiger charge is 2.17. The van der Waals surface area contributed by atoms with Gasteiger partial charge in [-0.25, -0.2) is 0 Å². The first kappa shape index (κ1) is 13.2. The SMILES string of the molecule is C=Cc1oc2ccc3ccccc3c2c(=O)c1/C(O)=C\C. The van der Waals surface area contributed by atoms with Crippen LogP contribution in [0.1, 0.15) is 18.2 Å². The Bertz CT molecular complexity index is 946. The van der Waals surface area contributed by atoms with Gasteiger partial charge in [-0.2, -0.15) is 0 Å². The van der Waals surface area contributed by atoms with Gasteiger partial charge >= 0.3 is 0 Å². The highest BCUT2D eigenvalue weighted by atomic mass is 16.3. The third kappa shape index (κ3) is 1.94. The smallest absolute Gasteiger partial charge is 0.204 e. The van der Waals surface area contributed by atoms with Crippen molar-refractivity contribution in [1.29, 1.82) is 0 Å². The number of hydrogen-bond acceptors (Lipinski definition) is 3. The van der Waals surface area contributed by atoms with Crippen molar-refractivity contribution in [3.05, 3.63) is 70.6 Å². The van der Waals surface area contributed by atoms with E-state index in [2.05, 4.69) is 6.58 Å². The van der Waals surface area contributed by atoms with Crippen molar-refractivity contribution in [1.82, 2.24) is 0 Å². The second-order valence-corrected chi connectivity index (χ2v) is 4.71. The molecule has 104 valence electrons. The maximum atomic E-state index is 12.8. The van der Waals surface area contributed by atoms with Gasteiger partial charge in [0.2, 0.25) is 5.43 Å². The largest absolute Gasteiger partial charge is 0.507 e. The Morgan fingerprint density at radius 2 is 2.00 bits per heavy atom. The Morgan fingerprint density at radius 3 is 2.71 bits per heavy atom. The lowest BCUT2D eigenvalue weighted by Crippen LogP contribution is -2.11. The van der Waals surface area contributed by atoms with Gasteiger partial charge in [0, 0.05) is 0 Å². The second kappa shape index (κ2) is 4.94. The van der Waals surface area contributed by atoms with Gasteiger partial charge in [-0.3, -0.25) is 4.79 Å². The first-order valence-corrected chi connectivity index (χ1v) is 6.64. The Hall–Kier alpha value is -2.81. The molecule has 0 aliphatic heterocycles. The van der Waals surface area contributed by atoms with Crippen LogP contribution in [0.4, 0.5) is 0 Å². The summed E-state index contributed by atoms with van der Waals surface area (Å²) in [4.78, 5) is 12.8. The first-order chi connectivity index (χ1) is 10.2. The molecular weight excluding hydrogens is 264 g/mol. The Kier molecular flexibility index (Phi) is 3.10. The summed E-state index contributed by atoms with van der Waals surface area (Å²) in [6.07, 6.45) is 2.90. The summed E-state index contributed by atoms with van der Waals surface area (Å²) in [5, 5.41) is 12.2. The van der Waals surface area contributed by atoms with Crippen molar-refractivity contribution in [2.24, 2.45) is 0 Å². The zero-order valence-electron chi connectivity index (χ0n) is 11.6. The Morgan fingerprint density at radius 1 is 1.24 bits per heavy atom. The molecule has 0 saturated carbocycles. The fraction of sp³-hybridized carbons (Fsp3) is 0.0556. The van der Waals surface area contributed by atoms with E-state index in [9.17, 15) is 9.90 Å². The maximum absolute atomic E-state index is 12.8. The molecule has 0 spiro atoms. The molecule has 0 unspecified atom stereocenters. The van der Waals surface area contributed by atoms with Crippen LogP contribution in [0.25, 0.3) is 33.6 Å². The third-order valence-corrected chi connectivity index (χ3v) is 3.53. The monoisotopic (exact) mass is 278 g/mol. The summed E-state index contributed by atoms with van der Waals surface area (Å²) in [6, 6.07) is 11.3. The average molecular weight is 278 g/mol. The summed E-state index contributed by atoms with van der Waals surface area (Å²) in [5.74, 6) is 0.173. The fourth-order valence-corrected chi connectivity index (χ4v) is 2.51. The predicted octanol–water partition coefficient (Wildman–Crippen LogP) is 4.51. The molecule has 0 aliphatic carbocycles. The molecule has 0 fully saturated rings. The van der Waals surface area contributed by atoms with Crippen molar-refractivity contribution in [2.45, 2.75) is 6.92 Å². The summed E-state index contributed by atoms with van der Waals surface area (Å²) in [7, 11) is 0. The van der Waals surface area contributed by atoms with Crippen molar-refractivity contribution in [3.63, 3.8) is 0 Å². The number of benzene rings is 2. The Labute approximate surface area is 121 Å². The Balaban J connectivity index is 2.60. The van der Waals surface area contributed by atoms with Crippen molar-refractivity contribution in [3.8, 4) is 0 Å². The average Bonchev–Trinajstić information content (AvgIpc) is 2.53. The minimum Gasteiger partial charge on any atom is -0.507 e. The lowest BCUT2D eigenvalue weighted by molar-refractivity contribution is 0.502. The van der Waals surface area contributed by atoms with Gasteiger partial charge in [-0.05, 0) is 35.9 Å². The number of aliphatic hydroxyl groups excluding tert-OH is 1. The number of fused-ring (bicyclic) bond motifs is 3. The van der Waals surface area contributed by atoms with E-state index >= 15 is 0 Å². The van der Waals surface area contributed by atoms with Gasteiger partial charge in [0.15, 0.2) is 0 Å². The molecule has 0 atom stereocenters. The summed E-state index contributed by atoms with van der Waals surface area (Å²) >= 11 is 0. The van der Waals surface area contributed by atoms with E-state index in [1.165, 1.54) is 12.2 Å². The first-order valence-electron chi connectivity index (χ1n) is 6.64. The zero-order valence-corrected chi connectivity index (χ0v) is 11.6. The molecule has 1 heterocycles. The van der Waals surface area contributed by atoms with Gasteiger partial charge in [-0.15, -0.1) is 0 Å². The van der Waals surface area contributed by atoms with Gasteiger partial charge in [0.25, 0.3) is 0 Å². The van der Waals surface area contributed by atoms with Crippen LogP contribution >= 0.6 is 0 Å². The lowest BCUT2D eigenvalue weighted by atomic mass is 10.0. The number of allylic oxidation sites excluding steroid dienone is 1. The minimum atomic E-state index is -0.251. The predicted molar refractivity (Wildman–Crippen MR) is 86.4 cm³/mol. The number of rotatable bonds is 2. The quantitative estimate of drug-likeness (QED) is 0.554. The fourth-order valence-electron chi connectivity index (χ4n) is 2.51. The van der Waals surface area contributed by atoms with Crippen molar-refractivity contribution >= 4 is 33.6 Å². The summed E-state index contributed by atoms with van der Waals surface area (Å²) < 4.78 is 5.74. The molecule has 0 saturated heterocycles. The molecular formula is C18H14O3. The van der Waals surface area contributed by atoms with Crippen LogP contribution in [0, 0.1) is 0 Å². The normalized spacial score (nSPS) is 12.0. The number of hydrogen-bond donors (Lipinski definition) is 1.